The Morgan fingerprint density at radius 3 is 2.50 bits per heavy atom. The molecule has 0 amide bonds. The van der Waals surface area contributed by atoms with Gasteiger partial charge in [-0.15, -0.1) is 0 Å². The molecule has 2 heterocycles. The Labute approximate surface area is 183 Å². The Morgan fingerprint density at radius 1 is 0.969 bits per heavy atom. The van der Waals surface area contributed by atoms with Crippen molar-refractivity contribution in [1.29, 1.82) is 0 Å². The lowest BCUT2D eigenvalue weighted by Crippen LogP contribution is -2.32. The van der Waals surface area contributed by atoms with E-state index in [0.717, 1.165) is 40.1 Å². The molecule has 0 aliphatic carbocycles. The molecule has 2 aliphatic heterocycles. The van der Waals surface area contributed by atoms with Crippen LogP contribution in [0.1, 0.15) is 49.1 Å². The van der Waals surface area contributed by atoms with Gasteiger partial charge in [0.1, 0.15) is 11.6 Å². The Morgan fingerprint density at radius 2 is 1.75 bits per heavy atom. The van der Waals surface area contributed by atoms with Crippen LogP contribution in [0.15, 0.2) is 60.7 Å². The van der Waals surface area contributed by atoms with Crippen LogP contribution in [0.25, 0.3) is 16.7 Å². The number of nitrogens with one attached hydrogen (secondary N) is 1. The average molecular weight is 439 g/mol. The molecule has 3 aromatic rings. The molecule has 1 N–H and O–H groups in total. The van der Waals surface area contributed by atoms with Crippen molar-refractivity contribution in [2.45, 2.75) is 38.6 Å². The Kier molecular flexibility index (Phi) is 4.42. The third kappa shape index (κ3) is 3.34. The molecule has 2 nitrogen and oxygen atoms in total. The molecule has 0 saturated heterocycles. The van der Waals surface area contributed by atoms with Crippen LogP contribution in [0.2, 0.25) is 0 Å². The first-order valence-corrected chi connectivity index (χ1v) is 10.3. The molecule has 1 atom stereocenters. The Hall–Kier alpha value is -3.28. The molecule has 0 spiro atoms. The van der Waals surface area contributed by atoms with Gasteiger partial charge in [-0.25, -0.2) is 4.39 Å². The molecule has 0 fully saturated rings. The Balaban J connectivity index is 1.79. The van der Waals surface area contributed by atoms with E-state index in [1.54, 1.807) is 6.07 Å². The third-order valence-electron chi connectivity index (χ3n) is 5.93. The van der Waals surface area contributed by atoms with Crippen molar-refractivity contribution in [1.82, 2.24) is 0 Å². The second kappa shape index (κ2) is 6.86. The second-order valence-corrected chi connectivity index (χ2v) is 8.88. The fourth-order valence-electron chi connectivity index (χ4n) is 4.77. The molecular weight excluding hydrogens is 418 g/mol. The fourth-order valence-corrected chi connectivity index (χ4v) is 4.77. The summed E-state index contributed by atoms with van der Waals surface area (Å²) in [5.41, 5.74) is 4.18. The first-order chi connectivity index (χ1) is 15.0. The standard InChI is InChI=1S/C26H21F4NO/c1-14-13-25(2,3)31-20-9-8-18-19-12-17(27)7-10-21(19)32-24(23(18)22(14)20)15-5-4-6-16(11-15)26(28,29)30/h4-13,24,31H,1-3H3/t24-/m0/s1. The van der Waals surface area contributed by atoms with Crippen molar-refractivity contribution in [3.05, 3.63) is 88.7 Å². The van der Waals surface area contributed by atoms with E-state index in [-0.39, 0.29) is 5.54 Å². The molecule has 164 valence electrons. The zero-order chi connectivity index (χ0) is 22.8. The van der Waals surface area contributed by atoms with Gasteiger partial charge in [0.2, 0.25) is 0 Å². The van der Waals surface area contributed by atoms with Crippen LogP contribution >= 0.6 is 0 Å². The number of ether oxygens (including phenoxy) is 1. The summed E-state index contributed by atoms with van der Waals surface area (Å²) in [5.74, 6) is 0.0343. The maximum atomic E-state index is 14.1. The predicted octanol–water partition coefficient (Wildman–Crippen LogP) is 7.60. The molecule has 0 saturated carbocycles. The van der Waals surface area contributed by atoms with Crippen molar-refractivity contribution in [3.63, 3.8) is 0 Å². The largest absolute Gasteiger partial charge is 0.480 e. The molecule has 0 radical (unpaired) electrons. The maximum Gasteiger partial charge on any atom is 0.416 e. The van der Waals surface area contributed by atoms with Crippen LogP contribution in [-0.4, -0.2) is 5.54 Å². The van der Waals surface area contributed by atoms with Crippen LogP contribution in [0.5, 0.6) is 5.75 Å². The zero-order valence-electron chi connectivity index (χ0n) is 17.8. The minimum absolute atomic E-state index is 0.281. The maximum absolute atomic E-state index is 14.1. The summed E-state index contributed by atoms with van der Waals surface area (Å²) in [4.78, 5) is 0. The number of anilines is 1. The third-order valence-corrected chi connectivity index (χ3v) is 5.93. The number of hydrogen-bond acceptors (Lipinski definition) is 2. The van der Waals surface area contributed by atoms with Gasteiger partial charge in [0, 0.05) is 22.4 Å². The van der Waals surface area contributed by atoms with Gasteiger partial charge >= 0.3 is 6.18 Å². The molecule has 2 aliphatic rings. The highest BCUT2D eigenvalue weighted by molar-refractivity contribution is 5.90. The van der Waals surface area contributed by atoms with Gasteiger partial charge in [0.25, 0.3) is 0 Å². The van der Waals surface area contributed by atoms with Gasteiger partial charge in [0.05, 0.1) is 11.1 Å². The molecule has 32 heavy (non-hydrogen) atoms. The molecule has 0 unspecified atom stereocenters. The number of alkyl halides is 3. The van der Waals surface area contributed by atoms with Gasteiger partial charge in [0.15, 0.2) is 6.10 Å². The van der Waals surface area contributed by atoms with Gasteiger partial charge in [-0.05, 0) is 73.9 Å². The van der Waals surface area contributed by atoms with Gasteiger partial charge in [-0.3, -0.25) is 0 Å². The molecule has 0 bridgehead atoms. The number of rotatable bonds is 1. The highest BCUT2D eigenvalue weighted by Crippen LogP contribution is 2.51. The molecule has 6 heteroatoms. The molecule has 0 aromatic heterocycles. The number of fused-ring (bicyclic) bond motifs is 5. The van der Waals surface area contributed by atoms with E-state index in [9.17, 15) is 17.6 Å². The van der Waals surface area contributed by atoms with Gasteiger partial charge in [-0.1, -0.05) is 24.3 Å². The minimum atomic E-state index is -4.47. The normalized spacial score (nSPS) is 18.5. The average Bonchev–Trinajstić information content (AvgIpc) is 2.71. The predicted molar refractivity (Wildman–Crippen MR) is 117 cm³/mol. The smallest absolute Gasteiger partial charge is 0.416 e. The lowest BCUT2D eigenvalue weighted by Gasteiger charge is -2.37. The van der Waals surface area contributed by atoms with E-state index in [4.69, 9.17) is 4.74 Å². The van der Waals surface area contributed by atoms with E-state index >= 15 is 0 Å². The summed E-state index contributed by atoms with van der Waals surface area (Å²) < 4.78 is 60.7. The monoisotopic (exact) mass is 439 g/mol. The Bertz CT molecular complexity index is 1270. The topological polar surface area (TPSA) is 21.3 Å². The highest BCUT2D eigenvalue weighted by atomic mass is 19.4. The molecule has 3 aromatic carbocycles. The number of hydrogen-bond donors (Lipinski definition) is 1. The van der Waals surface area contributed by atoms with E-state index in [1.807, 2.05) is 32.9 Å². The van der Waals surface area contributed by atoms with Gasteiger partial charge in [-0.2, -0.15) is 13.2 Å². The number of benzene rings is 3. The van der Waals surface area contributed by atoms with Crippen molar-refractivity contribution < 1.29 is 22.3 Å². The van der Waals surface area contributed by atoms with Crippen molar-refractivity contribution >= 4 is 11.3 Å². The van der Waals surface area contributed by atoms with Crippen molar-refractivity contribution in [2.24, 2.45) is 0 Å². The summed E-state index contributed by atoms with van der Waals surface area (Å²) in [6, 6.07) is 13.2. The summed E-state index contributed by atoms with van der Waals surface area (Å²) in [5, 5.41) is 3.47. The van der Waals surface area contributed by atoms with Crippen molar-refractivity contribution in [2.75, 3.05) is 5.32 Å². The van der Waals surface area contributed by atoms with Crippen LogP contribution in [0, 0.1) is 5.82 Å². The first-order valence-electron chi connectivity index (χ1n) is 10.3. The zero-order valence-corrected chi connectivity index (χ0v) is 17.8. The summed E-state index contributed by atoms with van der Waals surface area (Å²) >= 11 is 0. The summed E-state index contributed by atoms with van der Waals surface area (Å²) in [6.07, 6.45) is -3.15. The van der Waals surface area contributed by atoms with E-state index < -0.39 is 23.7 Å². The SMILES string of the molecule is CC1=CC(C)(C)Nc2ccc3c(c21)[C@H](c1cccc(C(F)(F)F)c1)Oc1ccc(F)cc1-3. The first kappa shape index (κ1) is 20.6. The fraction of sp³-hybridized carbons (Fsp3) is 0.231. The van der Waals surface area contributed by atoms with E-state index in [0.29, 0.717) is 16.9 Å². The summed E-state index contributed by atoms with van der Waals surface area (Å²) in [7, 11) is 0. The van der Waals surface area contributed by atoms with E-state index in [2.05, 4.69) is 11.4 Å². The van der Waals surface area contributed by atoms with Crippen LogP contribution in [-0.2, 0) is 6.18 Å². The quantitative estimate of drug-likeness (QED) is 0.394. The lowest BCUT2D eigenvalue weighted by atomic mass is 9.80. The number of halogens is 4. The molecule has 5 rings (SSSR count). The van der Waals surface area contributed by atoms with Gasteiger partial charge < -0.3 is 10.1 Å². The van der Waals surface area contributed by atoms with Crippen LogP contribution in [0.3, 0.4) is 0 Å². The van der Waals surface area contributed by atoms with Crippen LogP contribution < -0.4 is 10.1 Å². The minimum Gasteiger partial charge on any atom is -0.480 e. The molecular formula is C26H21F4NO. The van der Waals surface area contributed by atoms with Crippen molar-refractivity contribution in [3.8, 4) is 16.9 Å². The highest BCUT2D eigenvalue weighted by Gasteiger charge is 2.36. The number of allylic oxidation sites excluding steroid dienone is 1. The van der Waals surface area contributed by atoms with Crippen LogP contribution in [0.4, 0.5) is 23.2 Å². The lowest BCUT2D eigenvalue weighted by molar-refractivity contribution is -0.137. The van der Waals surface area contributed by atoms with E-state index in [1.165, 1.54) is 24.3 Å². The second-order valence-electron chi connectivity index (χ2n) is 8.88. The summed E-state index contributed by atoms with van der Waals surface area (Å²) in [6.45, 7) is 6.07.